The molecule has 0 fully saturated rings. The molecule has 0 spiro atoms. The van der Waals surface area contributed by atoms with Crippen molar-refractivity contribution in [3.05, 3.63) is 0 Å². The van der Waals surface area contributed by atoms with Crippen molar-refractivity contribution in [2.75, 3.05) is 31.7 Å². The van der Waals surface area contributed by atoms with Gasteiger partial charge in [0.15, 0.2) is 9.84 Å². The van der Waals surface area contributed by atoms with Crippen LogP contribution in [0.25, 0.3) is 0 Å². The second-order valence-corrected chi connectivity index (χ2v) is 6.25. The zero-order valence-corrected chi connectivity index (χ0v) is 9.97. The SMILES string of the molecule is CNCCCS(=O)(=O)CCOS(=O)(=O)O. The molecule has 0 aromatic rings. The van der Waals surface area contributed by atoms with E-state index in [2.05, 4.69) is 9.50 Å². The normalized spacial score (nSPS) is 12.9. The van der Waals surface area contributed by atoms with Gasteiger partial charge in [-0.05, 0) is 20.0 Å². The largest absolute Gasteiger partial charge is 0.397 e. The maximum Gasteiger partial charge on any atom is 0.397 e. The summed E-state index contributed by atoms with van der Waals surface area (Å²) in [6, 6.07) is 0. The Hall–Kier alpha value is -0.220. The average Bonchev–Trinajstić information content (AvgIpc) is 2.01. The van der Waals surface area contributed by atoms with Gasteiger partial charge in [0.05, 0.1) is 18.1 Å². The van der Waals surface area contributed by atoms with E-state index in [0.717, 1.165) is 0 Å². The van der Waals surface area contributed by atoms with Gasteiger partial charge in [0.25, 0.3) is 0 Å². The van der Waals surface area contributed by atoms with E-state index in [1.807, 2.05) is 0 Å². The lowest BCUT2D eigenvalue weighted by Crippen LogP contribution is -2.20. The Morgan fingerprint density at radius 1 is 1.20 bits per heavy atom. The van der Waals surface area contributed by atoms with Crippen LogP contribution in [0.5, 0.6) is 0 Å². The molecule has 0 atom stereocenters. The standard InChI is InChI=1S/C6H15NO6S2/c1-7-3-2-5-14(8,9)6-4-13-15(10,11)12/h7H,2-6H2,1H3,(H,10,11,12). The van der Waals surface area contributed by atoms with Crippen LogP contribution in [-0.4, -0.2) is 53.1 Å². The van der Waals surface area contributed by atoms with Gasteiger partial charge >= 0.3 is 10.4 Å². The first-order valence-electron chi connectivity index (χ1n) is 4.24. The van der Waals surface area contributed by atoms with Crippen molar-refractivity contribution >= 4 is 20.2 Å². The number of sulfone groups is 1. The Morgan fingerprint density at radius 2 is 1.80 bits per heavy atom. The predicted molar refractivity (Wildman–Crippen MR) is 54.7 cm³/mol. The van der Waals surface area contributed by atoms with Crippen molar-refractivity contribution in [2.24, 2.45) is 0 Å². The van der Waals surface area contributed by atoms with Crippen molar-refractivity contribution in [3.8, 4) is 0 Å². The van der Waals surface area contributed by atoms with Gasteiger partial charge in [0, 0.05) is 0 Å². The summed E-state index contributed by atoms with van der Waals surface area (Å²) in [7, 11) is -6.16. The predicted octanol–water partition coefficient (Wildman–Crippen LogP) is -1.17. The molecule has 9 heteroatoms. The minimum Gasteiger partial charge on any atom is -0.320 e. The van der Waals surface area contributed by atoms with Crippen LogP contribution in [-0.2, 0) is 24.4 Å². The van der Waals surface area contributed by atoms with Gasteiger partial charge in [0.1, 0.15) is 0 Å². The van der Waals surface area contributed by atoms with E-state index in [-0.39, 0.29) is 5.75 Å². The van der Waals surface area contributed by atoms with Gasteiger partial charge in [0.2, 0.25) is 0 Å². The molecule has 0 saturated carbocycles. The van der Waals surface area contributed by atoms with Crippen LogP contribution in [0.1, 0.15) is 6.42 Å². The van der Waals surface area contributed by atoms with Crippen molar-refractivity contribution < 1.29 is 25.6 Å². The van der Waals surface area contributed by atoms with Gasteiger partial charge in [-0.2, -0.15) is 8.42 Å². The molecular formula is C6H15NO6S2. The molecule has 0 saturated heterocycles. The third-order valence-corrected chi connectivity index (χ3v) is 3.67. The van der Waals surface area contributed by atoms with E-state index >= 15 is 0 Å². The summed E-state index contributed by atoms with van der Waals surface area (Å²) in [4.78, 5) is 0. The first-order valence-corrected chi connectivity index (χ1v) is 7.42. The van der Waals surface area contributed by atoms with Crippen LogP contribution in [0.15, 0.2) is 0 Å². The van der Waals surface area contributed by atoms with Gasteiger partial charge in [-0.25, -0.2) is 12.6 Å². The molecule has 15 heavy (non-hydrogen) atoms. The monoisotopic (exact) mass is 261 g/mol. The molecule has 0 aliphatic carbocycles. The summed E-state index contributed by atoms with van der Waals surface area (Å²) in [6.07, 6.45) is 0.449. The second kappa shape index (κ2) is 6.38. The molecule has 0 heterocycles. The second-order valence-electron chi connectivity index (χ2n) is 2.86. The van der Waals surface area contributed by atoms with Gasteiger partial charge in [-0.3, -0.25) is 4.55 Å². The molecule has 0 bridgehead atoms. The lowest BCUT2D eigenvalue weighted by Gasteiger charge is -2.03. The smallest absolute Gasteiger partial charge is 0.320 e. The number of hydrogen-bond acceptors (Lipinski definition) is 6. The lowest BCUT2D eigenvalue weighted by molar-refractivity contribution is 0.284. The zero-order chi connectivity index (χ0) is 11.9. The van der Waals surface area contributed by atoms with Gasteiger partial charge in [-0.15, -0.1) is 0 Å². The molecule has 7 nitrogen and oxygen atoms in total. The lowest BCUT2D eigenvalue weighted by atomic mass is 10.5. The van der Waals surface area contributed by atoms with Crippen molar-refractivity contribution in [1.29, 1.82) is 0 Å². The minimum atomic E-state index is -4.55. The van der Waals surface area contributed by atoms with Crippen LogP contribution in [0.3, 0.4) is 0 Å². The molecule has 2 N–H and O–H groups in total. The molecule has 0 unspecified atom stereocenters. The molecule has 0 aromatic carbocycles. The Bertz CT molecular complexity index is 359. The fraction of sp³-hybridized carbons (Fsp3) is 1.00. The topological polar surface area (TPSA) is 110 Å². The Balaban J connectivity index is 3.85. The minimum absolute atomic E-state index is 0.0390. The number of rotatable bonds is 8. The van der Waals surface area contributed by atoms with Crippen LogP contribution < -0.4 is 5.32 Å². The third kappa shape index (κ3) is 10.1. The first kappa shape index (κ1) is 14.8. The maximum atomic E-state index is 11.2. The number of nitrogens with one attached hydrogen (secondary N) is 1. The quantitative estimate of drug-likeness (QED) is 0.418. The molecule has 0 radical (unpaired) electrons. The highest BCUT2D eigenvalue weighted by Crippen LogP contribution is 1.95. The molecule has 0 aliphatic heterocycles. The molecular weight excluding hydrogens is 246 g/mol. The fourth-order valence-electron chi connectivity index (χ4n) is 0.837. The molecule has 0 aromatic heterocycles. The van der Waals surface area contributed by atoms with Crippen molar-refractivity contribution in [1.82, 2.24) is 5.32 Å². The summed E-state index contributed by atoms with van der Waals surface area (Å²) >= 11 is 0. The Morgan fingerprint density at radius 3 is 2.27 bits per heavy atom. The Kier molecular flexibility index (Phi) is 6.29. The summed E-state index contributed by atoms with van der Waals surface area (Å²) in [5.74, 6) is -0.459. The summed E-state index contributed by atoms with van der Waals surface area (Å²) in [5, 5.41) is 2.79. The van der Waals surface area contributed by atoms with Crippen LogP contribution in [0, 0.1) is 0 Å². The average molecular weight is 261 g/mol. The first-order chi connectivity index (χ1) is 6.77. The highest BCUT2D eigenvalue weighted by Gasteiger charge is 2.12. The fourth-order valence-corrected chi connectivity index (χ4v) is 2.36. The third-order valence-electron chi connectivity index (χ3n) is 1.51. The highest BCUT2D eigenvalue weighted by molar-refractivity contribution is 7.91. The molecule has 0 rings (SSSR count). The van der Waals surface area contributed by atoms with Crippen LogP contribution >= 0.6 is 0 Å². The van der Waals surface area contributed by atoms with E-state index in [1.54, 1.807) is 7.05 Å². The van der Waals surface area contributed by atoms with Crippen molar-refractivity contribution in [2.45, 2.75) is 6.42 Å². The van der Waals surface area contributed by atoms with Crippen molar-refractivity contribution in [3.63, 3.8) is 0 Å². The summed E-state index contributed by atoms with van der Waals surface area (Å²) in [6.45, 7) is 0.0130. The summed E-state index contributed by atoms with van der Waals surface area (Å²) < 4.78 is 54.7. The Labute approximate surface area is 89.7 Å². The van der Waals surface area contributed by atoms with E-state index < -0.39 is 32.6 Å². The zero-order valence-electron chi connectivity index (χ0n) is 8.34. The van der Waals surface area contributed by atoms with E-state index in [0.29, 0.717) is 13.0 Å². The van der Waals surface area contributed by atoms with Gasteiger partial charge < -0.3 is 5.32 Å². The maximum absolute atomic E-state index is 11.2. The molecule has 92 valence electrons. The highest BCUT2D eigenvalue weighted by atomic mass is 32.3. The number of hydrogen-bond donors (Lipinski definition) is 2. The van der Waals surface area contributed by atoms with E-state index in [9.17, 15) is 16.8 Å². The van der Waals surface area contributed by atoms with Gasteiger partial charge in [-0.1, -0.05) is 0 Å². The van der Waals surface area contributed by atoms with Crippen LogP contribution in [0.2, 0.25) is 0 Å². The van der Waals surface area contributed by atoms with E-state index in [1.165, 1.54) is 0 Å². The molecule has 0 amide bonds. The van der Waals surface area contributed by atoms with Crippen LogP contribution in [0.4, 0.5) is 0 Å². The van der Waals surface area contributed by atoms with E-state index in [4.69, 9.17) is 4.55 Å². The molecule has 0 aliphatic rings. The summed E-state index contributed by atoms with van der Waals surface area (Å²) in [5.41, 5.74) is 0.